The smallest absolute Gasteiger partial charge is 0.337 e. The average Bonchev–Trinajstić information content (AvgIpc) is 2.97. The highest BCUT2D eigenvalue weighted by molar-refractivity contribution is 7.22. The van der Waals surface area contributed by atoms with Gasteiger partial charge in [0, 0.05) is 12.5 Å². The van der Waals surface area contributed by atoms with Gasteiger partial charge in [-0.15, -0.1) is 0 Å². The first kappa shape index (κ1) is 18.5. The van der Waals surface area contributed by atoms with Gasteiger partial charge in [-0.3, -0.25) is 4.79 Å². The maximum absolute atomic E-state index is 11.2. The van der Waals surface area contributed by atoms with Crippen molar-refractivity contribution in [1.29, 1.82) is 0 Å². The Morgan fingerprint density at radius 1 is 1.16 bits per heavy atom. The lowest BCUT2D eigenvalue weighted by Gasteiger charge is -2.03. The number of fused-ring (bicyclic) bond motifs is 1. The fraction of sp³-hybridized carbons (Fsp3) is 0.235. The predicted octanol–water partition coefficient (Wildman–Crippen LogP) is 3.74. The fourth-order valence-corrected chi connectivity index (χ4v) is 3.05. The van der Waals surface area contributed by atoms with Crippen LogP contribution in [0.15, 0.2) is 24.3 Å². The molecule has 25 heavy (non-hydrogen) atoms. The summed E-state index contributed by atoms with van der Waals surface area (Å²) in [6.07, 6.45) is 0. The van der Waals surface area contributed by atoms with Crippen LogP contribution in [0.4, 0.5) is 5.13 Å². The Balaban J connectivity index is 0.00000109. The summed E-state index contributed by atoms with van der Waals surface area (Å²) in [6.45, 7) is 7.03. The third-order valence-electron chi connectivity index (χ3n) is 3.18. The summed E-state index contributed by atoms with van der Waals surface area (Å²) in [5.41, 5.74) is 2.46. The van der Waals surface area contributed by atoms with Crippen molar-refractivity contribution in [3.63, 3.8) is 0 Å². The van der Waals surface area contributed by atoms with Crippen LogP contribution >= 0.6 is 11.3 Å². The number of aryl methyl sites for hydroxylation is 1. The van der Waals surface area contributed by atoms with E-state index in [1.165, 1.54) is 24.3 Å². The standard InChI is InChI=1S/C15H12N4O3S.C2H6/c1-7-10(14(21)22)6-12(19-18-7)9-3-4-11-13(5-9)23-15(17-11)16-8(2)20;1-2/h3-6H,1-2H3,(H,21,22)(H,16,17,20);1-2H3. The number of carboxylic acids is 1. The minimum Gasteiger partial charge on any atom is -0.478 e. The molecule has 8 heteroatoms. The third kappa shape index (κ3) is 4.16. The van der Waals surface area contributed by atoms with Crippen LogP contribution in [-0.2, 0) is 4.79 Å². The number of carbonyl (C=O) groups is 2. The van der Waals surface area contributed by atoms with Crippen LogP contribution < -0.4 is 5.32 Å². The number of carbonyl (C=O) groups excluding carboxylic acids is 1. The summed E-state index contributed by atoms with van der Waals surface area (Å²) in [5.74, 6) is -1.22. The highest BCUT2D eigenvalue weighted by Gasteiger charge is 2.13. The molecule has 3 rings (SSSR count). The molecule has 0 radical (unpaired) electrons. The molecular formula is C17H18N4O3S. The van der Waals surface area contributed by atoms with Gasteiger partial charge in [-0.2, -0.15) is 10.2 Å². The molecule has 3 aromatic rings. The van der Waals surface area contributed by atoms with Crippen molar-refractivity contribution in [2.45, 2.75) is 27.7 Å². The highest BCUT2D eigenvalue weighted by atomic mass is 32.1. The molecule has 0 spiro atoms. The van der Waals surface area contributed by atoms with E-state index < -0.39 is 5.97 Å². The molecule has 0 saturated carbocycles. The molecule has 7 nitrogen and oxygen atoms in total. The second kappa shape index (κ2) is 7.80. The molecule has 0 atom stereocenters. The number of hydrogen-bond acceptors (Lipinski definition) is 6. The summed E-state index contributed by atoms with van der Waals surface area (Å²) in [7, 11) is 0. The van der Waals surface area contributed by atoms with Crippen LogP contribution in [0, 0.1) is 6.92 Å². The van der Waals surface area contributed by atoms with Crippen LogP contribution in [0.25, 0.3) is 21.5 Å². The molecule has 0 aliphatic rings. The maximum atomic E-state index is 11.2. The predicted molar refractivity (Wildman–Crippen MR) is 98.0 cm³/mol. The van der Waals surface area contributed by atoms with E-state index >= 15 is 0 Å². The fourth-order valence-electron chi connectivity index (χ4n) is 2.10. The molecule has 0 saturated heterocycles. The molecule has 0 bridgehead atoms. The summed E-state index contributed by atoms with van der Waals surface area (Å²) in [6, 6.07) is 6.95. The van der Waals surface area contributed by atoms with Crippen molar-refractivity contribution in [3.05, 3.63) is 35.5 Å². The van der Waals surface area contributed by atoms with Gasteiger partial charge < -0.3 is 10.4 Å². The van der Waals surface area contributed by atoms with Gasteiger partial charge in [0.1, 0.15) is 0 Å². The summed E-state index contributed by atoms with van der Waals surface area (Å²) < 4.78 is 0.866. The second-order valence-electron chi connectivity index (χ2n) is 4.92. The van der Waals surface area contributed by atoms with E-state index in [1.807, 2.05) is 19.9 Å². The van der Waals surface area contributed by atoms with Crippen molar-refractivity contribution in [1.82, 2.24) is 15.2 Å². The highest BCUT2D eigenvalue weighted by Crippen LogP contribution is 2.30. The molecular weight excluding hydrogens is 340 g/mol. The van der Waals surface area contributed by atoms with E-state index in [2.05, 4.69) is 20.5 Å². The number of rotatable bonds is 3. The molecule has 2 aromatic heterocycles. The molecule has 0 aliphatic heterocycles. The largest absolute Gasteiger partial charge is 0.478 e. The van der Waals surface area contributed by atoms with Crippen molar-refractivity contribution in [2.24, 2.45) is 0 Å². The lowest BCUT2D eigenvalue weighted by Crippen LogP contribution is -2.04. The van der Waals surface area contributed by atoms with Crippen molar-refractivity contribution < 1.29 is 14.7 Å². The molecule has 1 amide bonds. The van der Waals surface area contributed by atoms with E-state index in [9.17, 15) is 14.7 Å². The average molecular weight is 358 g/mol. The molecule has 0 fully saturated rings. The lowest BCUT2D eigenvalue weighted by atomic mass is 10.1. The minimum absolute atomic E-state index is 0.123. The number of nitrogens with one attached hydrogen (secondary N) is 1. The Labute approximate surface area is 148 Å². The second-order valence-corrected chi connectivity index (χ2v) is 5.95. The van der Waals surface area contributed by atoms with Crippen molar-refractivity contribution in [2.75, 3.05) is 5.32 Å². The van der Waals surface area contributed by atoms with Crippen molar-refractivity contribution in [3.8, 4) is 11.3 Å². The SMILES string of the molecule is CC.CC(=O)Nc1nc2ccc(-c3cc(C(=O)O)c(C)nn3)cc2s1. The van der Waals surface area contributed by atoms with Crippen LogP contribution in [0.5, 0.6) is 0 Å². The van der Waals surface area contributed by atoms with Gasteiger partial charge in [0.25, 0.3) is 0 Å². The molecule has 1 aromatic carbocycles. The van der Waals surface area contributed by atoms with Crippen LogP contribution in [-0.4, -0.2) is 32.2 Å². The van der Waals surface area contributed by atoms with Gasteiger partial charge in [0.2, 0.25) is 5.91 Å². The summed E-state index contributed by atoms with van der Waals surface area (Å²) in [5, 5.41) is 20.3. The van der Waals surface area contributed by atoms with E-state index in [1.54, 1.807) is 19.1 Å². The van der Waals surface area contributed by atoms with E-state index in [-0.39, 0.29) is 11.5 Å². The molecule has 0 unspecified atom stereocenters. The van der Waals surface area contributed by atoms with Gasteiger partial charge in [-0.1, -0.05) is 31.3 Å². The molecule has 2 N–H and O–H groups in total. The van der Waals surface area contributed by atoms with E-state index in [0.717, 1.165) is 15.8 Å². The third-order valence-corrected chi connectivity index (χ3v) is 4.11. The van der Waals surface area contributed by atoms with Crippen molar-refractivity contribution >= 4 is 38.6 Å². The number of aromatic nitrogens is 3. The molecule has 0 aliphatic carbocycles. The quantitative estimate of drug-likeness (QED) is 0.739. The number of hydrogen-bond donors (Lipinski definition) is 2. The number of nitrogens with zero attached hydrogens (tertiary/aromatic N) is 3. The van der Waals surface area contributed by atoms with Gasteiger partial charge in [-0.05, 0) is 25.1 Å². The Bertz CT molecular complexity index is 937. The first-order valence-corrected chi connectivity index (χ1v) is 8.52. The number of anilines is 1. The maximum Gasteiger partial charge on any atom is 0.337 e. The van der Waals surface area contributed by atoms with Gasteiger partial charge in [0.15, 0.2) is 5.13 Å². The lowest BCUT2D eigenvalue weighted by molar-refractivity contribution is -0.114. The van der Waals surface area contributed by atoms with Gasteiger partial charge in [0.05, 0.1) is 27.2 Å². The summed E-state index contributed by atoms with van der Waals surface area (Å²) in [4.78, 5) is 26.6. The summed E-state index contributed by atoms with van der Waals surface area (Å²) >= 11 is 1.34. The molecule has 2 heterocycles. The Morgan fingerprint density at radius 2 is 1.88 bits per heavy atom. The zero-order valence-corrected chi connectivity index (χ0v) is 15.1. The Morgan fingerprint density at radius 3 is 2.52 bits per heavy atom. The van der Waals surface area contributed by atoms with Crippen LogP contribution in [0.1, 0.15) is 36.8 Å². The van der Waals surface area contributed by atoms with E-state index in [4.69, 9.17) is 0 Å². The van der Waals surface area contributed by atoms with Crippen LogP contribution in [0.3, 0.4) is 0 Å². The zero-order valence-electron chi connectivity index (χ0n) is 14.3. The number of aromatic carboxylic acids is 1. The zero-order chi connectivity index (χ0) is 18.6. The van der Waals surface area contributed by atoms with Gasteiger partial charge >= 0.3 is 5.97 Å². The normalized spacial score (nSPS) is 10.1. The number of amides is 1. The topological polar surface area (TPSA) is 105 Å². The Kier molecular flexibility index (Phi) is 5.76. The number of benzene rings is 1. The minimum atomic E-state index is -1.04. The Hall–Kier alpha value is -2.87. The van der Waals surface area contributed by atoms with Crippen LogP contribution in [0.2, 0.25) is 0 Å². The van der Waals surface area contributed by atoms with E-state index in [0.29, 0.717) is 16.5 Å². The number of thiazole rings is 1. The first-order chi connectivity index (χ1) is 11.9. The van der Waals surface area contributed by atoms with Gasteiger partial charge in [-0.25, -0.2) is 9.78 Å². The number of carboxylic acid groups (broad SMARTS) is 1. The molecule has 130 valence electrons. The monoisotopic (exact) mass is 358 g/mol. The first-order valence-electron chi connectivity index (χ1n) is 7.70.